The van der Waals surface area contributed by atoms with Crippen molar-refractivity contribution < 1.29 is 5.11 Å². The van der Waals surface area contributed by atoms with Gasteiger partial charge in [-0.3, -0.25) is 0 Å². The smallest absolute Gasteiger partial charge is 0.124 e. The van der Waals surface area contributed by atoms with Crippen molar-refractivity contribution in [1.82, 2.24) is 30.6 Å². The van der Waals surface area contributed by atoms with E-state index in [1.54, 1.807) is 0 Å². The number of aromatic amines is 2. The van der Waals surface area contributed by atoms with Gasteiger partial charge >= 0.3 is 0 Å². The molecule has 0 bridgehead atoms. The van der Waals surface area contributed by atoms with E-state index in [0.29, 0.717) is 6.04 Å². The molecule has 7 heteroatoms. The lowest BCUT2D eigenvalue weighted by Crippen LogP contribution is -2.14. The van der Waals surface area contributed by atoms with E-state index >= 15 is 0 Å². The lowest BCUT2D eigenvalue weighted by molar-refractivity contribution is 0.277. The van der Waals surface area contributed by atoms with Crippen molar-refractivity contribution in [3.8, 4) is 33.6 Å². The van der Waals surface area contributed by atoms with Gasteiger partial charge in [-0.2, -0.15) is 0 Å². The van der Waals surface area contributed by atoms with E-state index in [-0.39, 0.29) is 12.6 Å². The van der Waals surface area contributed by atoms with Crippen LogP contribution in [0.5, 0.6) is 0 Å². The van der Waals surface area contributed by atoms with E-state index in [0.717, 1.165) is 83.3 Å². The molecule has 0 spiro atoms. The van der Waals surface area contributed by atoms with Crippen molar-refractivity contribution in [2.24, 2.45) is 0 Å². The standard InChI is InChI=1S/C27H30N6O/c34-16-24-25(33-27(32-24)22-4-2-14-29-22)20-11-7-18(8-12-20)17-5-9-19(10-6-17)23-15-30-26(31-23)21-3-1-13-28-21/h5-12,15,21-22,28-29,34H,1-4,13-14,16H2,(H,30,31)(H,32,33)/t21-,22-/m0/s1. The summed E-state index contributed by atoms with van der Waals surface area (Å²) in [6.07, 6.45) is 6.50. The third kappa shape index (κ3) is 4.07. The van der Waals surface area contributed by atoms with Crippen LogP contribution in [-0.4, -0.2) is 38.1 Å². The molecule has 174 valence electrons. The number of hydrogen-bond acceptors (Lipinski definition) is 5. The van der Waals surface area contributed by atoms with Crippen molar-refractivity contribution in [2.45, 2.75) is 44.4 Å². The molecule has 0 saturated carbocycles. The Hall–Kier alpha value is -3.26. The maximum atomic E-state index is 9.85. The molecule has 34 heavy (non-hydrogen) atoms. The van der Waals surface area contributed by atoms with Gasteiger partial charge in [0.1, 0.15) is 11.6 Å². The number of H-pyrrole nitrogens is 2. The molecular weight excluding hydrogens is 424 g/mol. The molecule has 2 atom stereocenters. The molecule has 2 aromatic carbocycles. The van der Waals surface area contributed by atoms with Crippen LogP contribution in [0.4, 0.5) is 0 Å². The Labute approximate surface area is 199 Å². The Bertz CT molecular complexity index is 1250. The zero-order valence-electron chi connectivity index (χ0n) is 19.1. The zero-order valence-corrected chi connectivity index (χ0v) is 19.1. The van der Waals surface area contributed by atoms with Gasteiger partial charge < -0.3 is 25.7 Å². The van der Waals surface area contributed by atoms with Crippen LogP contribution in [0.2, 0.25) is 0 Å². The minimum atomic E-state index is -0.0512. The Morgan fingerprint density at radius 2 is 1.32 bits per heavy atom. The van der Waals surface area contributed by atoms with E-state index in [1.807, 2.05) is 6.20 Å². The number of rotatable bonds is 6. The van der Waals surface area contributed by atoms with Crippen LogP contribution < -0.4 is 10.6 Å². The third-order valence-electron chi connectivity index (χ3n) is 7.02. The van der Waals surface area contributed by atoms with Gasteiger partial charge in [0.05, 0.1) is 42.0 Å². The summed E-state index contributed by atoms with van der Waals surface area (Å²) in [6.45, 7) is 2.03. The summed E-state index contributed by atoms with van der Waals surface area (Å²) in [6, 6.07) is 17.6. The average Bonchev–Trinajstić information content (AvgIpc) is 3.70. The lowest BCUT2D eigenvalue weighted by atomic mass is 10.0. The number of nitrogens with one attached hydrogen (secondary N) is 4. The van der Waals surface area contributed by atoms with Gasteiger partial charge in [-0.25, -0.2) is 9.97 Å². The monoisotopic (exact) mass is 454 g/mol. The molecule has 2 aromatic heterocycles. The predicted molar refractivity (Wildman–Crippen MR) is 133 cm³/mol. The molecule has 7 nitrogen and oxygen atoms in total. The number of hydrogen-bond donors (Lipinski definition) is 5. The van der Waals surface area contributed by atoms with Crippen molar-refractivity contribution in [3.05, 3.63) is 72.1 Å². The van der Waals surface area contributed by atoms with Gasteiger partial charge in [-0.15, -0.1) is 0 Å². The second-order valence-electron chi connectivity index (χ2n) is 9.24. The third-order valence-corrected chi connectivity index (χ3v) is 7.02. The highest BCUT2D eigenvalue weighted by Crippen LogP contribution is 2.30. The van der Waals surface area contributed by atoms with Crippen LogP contribution in [-0.2, 0) is 6.61 Å². The van der Waals surface area contributed by atoms with Crippen molar-refractivity contribution in [3.63, 3.8) is 0 Å². The molecule has 2 aliphatic rings. The molecule has 0 aliphatic carbocycles. The van der Waals surface area contributed by atoms with E-state index in [9.17, 15) is 5.11 Å². The van der Waals surface area contributed by atoms with Gasteiger partial charge in [0.25, 0.3) is 0 Å². The highest BCUT2D eigenvalue weighted by atomic mass is 16.3. The van der Waals surface area contributed by atoms with Gasteiger partial charge in [0, 0.05) is 5.56 Å². The van der Waals surface area contributed by atoms with Crippen molar-refractivity contribution in [1.29, 1.82) is 0 Å². The van der Waals surface area contributed by atoms with Gasteiger partial charge in [-0.1, -0.05) is 48.5 Å². The average molecular weight is 455 g/mol. The normalized spacial score (nSPS) is 20.3. The maximum absolute atomic E-state index is 9.85. The van der Waals surface area contributed by atoms with Crippen molar-refractivity contribution >= 4 is 0 Å². The quantitative estimate of drug-likeness (QED) is 0.296. The highest BCUT2D eigenvalue weighted by Gasteiger charge is 2.22. The van der Waals surface area contributed by atoms with E-state index < -0.39 is 0 Å². The van der Waals surface area contributed by atoms with Gasteiger partial charge in [0.2, 0.25) is 0 Å². The Morgan fingerprint density at radius 1 is 0.735 bits per heavy atom. The largest absolute Gasteiger partial charge is 0.390 e. The molecule has 6 rings (SSSR count). The molecule has 4 heterocycles. The minimum Gasteiger partial charge on any atom is -0.390 e. The summed E-state index contributed by atoms with van der Waals surface area (Å²) in [5, 5.41) is 16.8. The molecule has 0 radical (unpaired) electrons. The first-order valence-corrected chi connectivity index (χ1v) is 12.2. The van der Waals surface area contributed by atoms with Crippen molar-refractivity contribution in [2.75, 3.05) is 13.1 Å². The van der Waals surface area contributed by atoms with Crippen LogP contribution in [0.3, 0.4) is 0 Å². The molecule has 5 N–H and O–H groups in total. The number of imidazole rings is 2. The SMILES string of the molecule is OCc1[nH]c([C@@H]2CCCN2)nc1-c1ccc(-c2ccc(-c3cnc([C@@H]4CCCN4)[nH]3)cc2)cc1. The zero-order chi connectivity index (χ0) is 22.9. The minimum absolute atomic E-state index is 0.0512. The fourth-order valence-electron chi connectivity index (χ4n) is 5.11. The molecule has 0 amide bonds. The summed E-state index contributed by atoms with van der Waals surface area (Å²) < 4.78 is 0. The molecule has 2 aliphatic heterocycles. The first kappa shape index (κ1) is 21.3. The van der Waals surface area contributed by atoms with Crippen LogP contribution in [0.15, 0.2) is 54.7 Å². The topological polar surface area (TPSA) is 102 Å². The summed E-state index contributed by atoms with van der Waals surface area (Å²) >= 11 is 0. The summed E-state index contributed by atoms with van der Waals surface area (Å²) in [4.78, 5) is 16.2. The van der Waals surface area contributed by atoms with E-state index in [1.165, 1.54) is 6.42 Å². The lowest BCUT2D eigenvalue weighted by Gasteiger charge is -2.07. The highest BCUT2D eigenvalue weighted by molar-refractivity contribution is 5.72. The molecule has 0 unspecified atom stereocenters. The maximum Gasteiger partial charge on any atom is 0.124 e. The number of benzene rings is 2. The number of aromatic nitrogens is 4. The van der Waals surface area contributed by atoms with Crippen LogP contribution in [0.1, 0.15) is 55.1 Å². The van der Waals surface area contributed by atoms with E-state index in [4.69, 9.17) is 4.98 Å². The fraction of sp³-hybridized carbons (Fsp3) is 0.333. The summed E-state index contributed by atoms with van der Waals surface area (Å²) in [5.74, 6) is 1.95. The Morgan fingerprint density at radius 3 is 1.91 bits per heavy atom. The number of aliphatic hydroxyl groups is 1. The molecule has 2 saturated heterocycles. The fourth-order valence-corrected chi connectivity index (χ4v) is 5.11. The predicted octanol–water partition coefficient (Wildman–Crippen LogP) is 4.48. The summed E-state index contributed by atoms with van der Waals surface area (Å²) in [7, 11) is 0. The van der Waals surface area contributed by atoms with Crippen LogP contribution in [0.25, 0.3) is 33.6 Å². The second kappa shape index (κ2) is 9.18. The first-order chi connectivity index (χ1) is 16.8. The van der Waals surface area contributed by atoms with Crippen LogP contribution in [0, 0.1) is 0 Å². The molecule has 2 fully saturated rings. The van der Waals surface area contributed by atoms with Gasteiger partial charge in [-0.05, 0) is 55.5 Å². The number of aliphatic hydroxyl groups excluding tert-OH is 1. The number of nitrogens with zero attached hydrogens (tertiary/aromatic N) is 2. The van der Waals surface area contributed by atoms with Gasteiger partial charge in [0.15, 0.2) is 0 Å². The van der Waals surface area contributed by atoms with Crippen LogP contribution >= 0.6 is 0 Å². The second-order valence-corrected chi connectivity index (χ2v) is 9.24. The Balaban J connectivity index is 1.20. The summed E-state index contributed by atoms with van der Waals surface area (Å²) in [5.41, 5.74) is 7.10. The first-order valence-electron chi connectivity index (χ1n) is 12.2. The molecular formula is C27H30N6O. The van der Waals surface area contributed by atoms with E-state index in [2.05, 4.69) is 74.1 Å². The molecule has 4 aromatic rings. The Kier molecular flexibility index (Phi) is 5.74.